The molecule has 0 atom stereocenters. The number of esters is 1. The summed E-state index contributed by atoms with van der Waals surface area (Å²) in [4.78, 5) is 32.5. The SMILES string of the molecule is CCOC(=O)NCC(=O)CCC(=O)OC. The maximum absolute atomic E-state index is 11.1. The van der Waals surface area contributed by atoms with E-state index in [1.54, 1.807) is 6.92 Å². The number of alkyl carbamates (subject to hydrolysis) is 1. The summed E-state index contributed by atoms with van der Waals surface area (Å²) in [6.07, 6.45) is -0.553. The van der Waals surface area contributed by atoms with Crippen LogP contribution < -0.4 is 5.32 Å². The zero-order valence-electron chi connectivity index (χ0n) is 8.87. The van der Waals surface area contributed by atoms with E-state index in [1.165, 1.54) is 7.11 Å². The van der Waals surface area contributed by atoms with Gasteiger partial charge in [-0.3, -0.25) is 9.59 Å². The van der Waals surface area contributed by atoms with Gasteiger partial charge in [-0.2, -0.15) is 0 Å². The minimum Gasteiger partial charge on any atom is -0.469 e. The Hall–Kier alpha value is -1.59. The predicted octanol–water partition coefficient (Wildman–Crippen LogP) is 0.255. The van der Waals surface area contributed by atoms with Gasteiger partial charge in [-0.25, -0.2) is 4.79 Å². The van der Waals surface area contributed by atoms with Crippen molar-refractivity contribution in [3.05, 3.63) is 0 Å². The van der Waals surface area contributed by atoms with E-state index in [0.29, 0.717) is 0 Å². The molecule has 86 valence electrons. The summed E-state index contributed by atoms with van der Waals surface area (Å²) in [7, 11) is 1.25. The molecule has 0 aromatic rings. The molecule has 0 unspecified atom stereocenters. The van der Waals surface area contributed by atoms with Crippen LogP contribution in [-0.2, 0) is 19.1 Å². The van der Waals surface area contributed by atoms with Gasteiger partial charge >= 0.3 is 12.1 Å². The molecule has 6 heteroatoms. The molecule has 0 saturated heterocycles. The third-order valence-corrected chi connectivity index (χ3v) is 1.54. The number of ketones is 1. The lowest BCUT2D eigenvalue weighted by molar-refractivity contribution is -0.141. The maximum atomic E-state index is 11.1. The van der Waals surface area contributed by atoms with Crippen molar-refractivity contribution in [1.29, 1.82) is 0 Å². The molecule has 0 bridgehead atoms. The molecular formula is C9H15NO5. The average Bonchev–Trinajstić information content (AvgIpc) is 2.23. The highest BCUT2D eigenvalue weighted by Gasteiger charge is 2.08. The Labute approximate surface area is 87.9 Å². The lowest BCUT2D eigenvalue weighted by Gasteiger charge is -2.03. The van der Waals surface area contributed by atoms with Gasteiger partial charge in [0.15, 0.2) is 5.78 Å². The fourth-order valence-electron chi connectivity index (χ4n) is 0.785. The molecule has 0 spiro atoms. The Balaban J connectivity index is 3.57. The first-order chi connectivity index (χ1) is 7.10. The van der Waals surface area contributed by atoms with Crippen molar-refractivity contribution in [1.82, 2.24) is 5.32 Å². The van der Waals surface area contributed by atoms with Crippen LogP contribution in [0, 0.1) is 0 Å². The molecule has 0 aromatic carbocycles. The van der Waals surface area contributed by atoms with Gasteiger partial charge in [-0.1, -0.05) is 0 Å². The third-order valence-electron chi connectivity index (χ3n) is 1.54. The maximum Gasteiger partial charge on any atom is 0.407 e. The molecule has 0 heterocycles. The highest BCUT2D eigenvalue weighted by Crippen LogP contribution is 1.92. The highest BCUT2D eigenvalue weighted by molar-refractivity contribution is 5.86. The molecule has 0 radical (unpaired) electrons. The number of methoxy groups -OCH3 is 1. The Morgan fingerprint density at radius 1 is 1.20 bits per heavy atom. The van der Waals surface area contributed by atoms with Crippen molar-refractivity contribution in [3.8, 4) is 0 Å². The van der Waals surface area contributed by atoms with Crippen molar-refractivity contribution >= 4 is 17.8 Å². The Morgan fingerprint density at radius 3 is 2.40 bits per heavy atom. The zero-order chi connectivity index (χ0) is 11.7. The van der Waals surface area contributed by atoms with Crippen LogP contribution in [0.5, 0.6) is 0 Å². The lowest BCUT2D eigenvalue weighted by atomic mass is 10.2. The van der Waals surface area contributed by atoms with Crippen molar-refractivity contribution in [2.24, 2.45) is 0 Å². The Morgan fingerprint density at radius 2 is 1.87 bits per heavy atom. The van der Waals surface area contributed by atoms with E-state index < -0.39 is 12.1 Å². The van der Waals surface area contributed by atoms with Crippen LogP contribution in [0.25, 0.3) is 0 Å². The van der Waals surface area contributed by atoms with Crippen LogP contribution in [0.4, 0.5) is 4.79 Å². The minimum atomic E-state index is -0.635. The largest absolute Gasteiger partial charge is 0.469 e. The van der Waals surface area contributed by atoms with Gasteiger partial charge in [0.2, 0.25) is 0 Å². The third kappa shape index (κ3) is 7.48. The van der Waals surface area contributed by atoms with E-state index in [1.807, 2.05) is 0 Å². The monoisotopic (exact) mass is 217 g/mol. The molecule has 0 aliphatic heterocycles. The van der Waals surface area contributed by atoms with Crippen molar-refractivity contribution in [3.63, 3.8) is 0 Å². The van der Waals surface area contributed by atoms with E-state index in [9.17, 15) is 14.4 Å². The van der Waals surface area contributed by atoms with Gasteiger partial charge in [0, 0.05) is 6.42 Å². The topological polar surface area (TPSA) is 81.7 Å². The number of carbonyl (C=O) groups excluding carboxylic acids is 3. The second-order valence-electron chi connectivity index (χ2n) is 2.69. The quantitative estimate of drug-likeness (QED) is 0.645. The Bertz CT molecular complexity index is 239. The number of ether oxygens (including phenoxy) is 2. The van der Waals surface area contributed by atoms with E-state index in [2.05, 4.69) is 14.8 Å². The number of nitrogens with one attached hydrogen (secondary N) is 1. The number of amides is 1. The second-order valence-corrected chi connectivity index (χ2v) is 2.69. The fourth-order valence-corrected chi connectivity index (χ4v) is 0.785. The van der Waals surface area contributed by atoms with Crippen LogP contribution in [0.1, 0.15) is 19.8 Å². The summed E-state index contributed by atoms with van der Waals surface area (Å²) in [6, 6.07) is 0. The molecule has 15 heavy (non-hydrogen) atoms. The average molecular weight is 217 g/mol. The highest BCUT2D eigenvalue weighted by atomic mass is 16.5. The van der Waals surface area contributed by atoms with Gasteiger partial charge in [0.05, 0.1) is 26.7 Å². The van der Waals surface area contributed by atoms with Crippen LogP contribution in [-0.4, -0.2) is 38.1 Å². The van der Waals surface area contributed by atoms with Crippen molar-refractivity contribution in [2.75, 3.05) is 20.3 Å². The molecular weight excluding hydrogens is 202 g/mol. The summed E-state index contributed by atoms with van der Waals surface area (Å²) >= 11 is 0. The van der Waals surface area contributed by atoms with Crippen LogP contribution in [0.3, 0.4) is 0 Å². The van der Waals surface area contributed by atoms with Gasteiger partial charge < -0.3 is 14.8 Å². The molecule has 1 N–H and O–H groups in total. The summed E-state index contributed by atoms with van der Waals surface area (Å²) in [5.74, 6) is -0.687. The predicted molar refractivity (Wildman–Crippen MR) is 51.3 cm³/mol. The molecule has 0 saturated carbocycles. The first kappa shape index (κ1) is 13.4. The van der Waals surface area contributed by atoms with Crippen LogP contribution in [0.2, 0.25) is 0 Å². The normalized spacial score (nSPS) is 9.20. The fraction of sp³-hybridized carbons (Fsp3) is 0.667. The van der Waals surface area contributed by atoms with Gasteiger partial charge in [-0.05, 0) is 6.92 Å². The summed E-state index contributed by atoms with van der Waals surface area (Å²) in [5, 5.41) is 2.26. The number of hydrogen-bond donors (Lipinski definition) is 1. The van der Waals surface area contributed by atoms with Crippen molar-refractivity contribution < 1.29 is 23.9 Å². The van der Waals surface area contributed by atoms with Crippen LogP contribution in [0.15, 0.2) is 0 Å². The number of rotatable bonds is 6. The molecule has 6 nitrogen and oxygen atoms in total. The molecule has 0 aromatic heterocycles. The zero-order valence-corrected chi connectivity index (χ0v) is 8.87. The van der Waals surface area contributed by atoms with E-state index >= 15 is 0 Å². The van der Waals surface area contributed by atoms with E-state index in [4.69, 9.17) is 0 Å². The molecule has 0 aliphatic rings. The van der Waals surface area contributed by atoms with Crippen LogP contribution >= 0.6 is 0 Å². The summed E-state index contributed by atoms with van der Waals surface area (Å²) < 4.78 is 8.91. The second kappa shape index (κ2) is 7.78. The smallest absolute Gasteiger partial charge is 0.407 e. The molecule has 1 amide bonds. The van der Waals surface area contributed by atoms with Gasteiger partial charge in [0.25, 0.3) is 0 Å². The van der Waals surface area contributed by atoms with Crippen molar-refractivity contribution in [2.45, 2.75) is 19.8 Å². The standard InChI is InChI=1S/C9H15NO5/c1-3-15-9(13)10-6-7(11)4-5-8(12)14-2/h3-6H2,1-2H3,(H,10,13). The summed E-state index contributed by atoms with van der Waals surface area (Å²) in [5.41, 5.74) is 0. The molecule has 0 aliphatic carbocycles. The first-order valence-electron chi connectivity index (χ1n) is 4.59. The molecule has 0 rings (SSSR count). The number of Topliss-reactive ketones (excluding diaryl/α,β-unsaturated/α-hetero) is 1. The minimum absolute atomic E-state index is 0.0276. The Kier molecular flexibility index (Phi) is 6.96. The van der Waals surface area contributed by atoms with E-state index in [0.717, 1.165) is 0 Å². The summed E-state index contributed by atoms with van der Waals surface area (Å²) in [6.45, 7) is 1.79. The molecule has 0 fully saturated rings. The first-order valence-corrected chi connectivity index (χ1v) is 4.59. The van der Waals surface area contributed by atoms with Gasteiger partial charge in [0.1, 0.15) is 0 Å². The van der Waals surface area contributed by atoms with Gasteiger partial charge in [-0.15, -0.1) is 0 Å². The number of carbonyl (C=O) groups is 3. The number of hydrogen-bond acceptors (Lipinski definition) is 5. The van der Waals surface area contributed by atoms with E-state index in [-0.39, 0.29) is 31.8 Å². The lowest BCUT2D eigenvalue weighted by Crippen LogP contribution is -2.30.